The highest BCUT2D eigenvalue weighted by molar-refractivity contribution is 5.17. The van der Waals surface area contributed by atoms with Crippen LogP contribution in [0, 0.1) is 5.92 Å². The summed E-state index contributed by atoms with van der Waals surface area (Å²) < 4.78 is 0. The zero-order valence-corrected chi connectivity index (χ0v) is 12.7. The van der Waals surface area contributed by atoms with Crippen molar-refractivity contribution < 1.29 is 0 Å². The Morgan fingerprint density at radius 1 is 0.882 bits per heavy atom. The van der Waals surface area contributed by atoms with Crippen molar-refractivity contribution in [1.29, 1.82) is 0 Å². The highest BCUT2D eigenvalue weighted by Gasteiger charge is 1.93. The molecule has 0 saturated carbocycles. The van der Waals surface area contributed by atoms with E-state index in [1.165, 1.54) is 5.56 Å². The SMILES string of the molecule is C/C=C/C(C)C.CC.CC(C)c1ccccc1. The second-order valence-electron chi connectivity index (χ2n) is 4.34. The first kappa shape index (κ1) is 18.3. The van der Waals surface area contributed by atoms with Crippen LogP contribution >= 0.6 is 0 Å². The summed E-state index contributed by atoms with van der Waals surface area (Å²) >= 11 is 0. The Hall–Kier alpha value is -1.04. The summed E-state index contributed by atoms with van der Waals surface area (Å²) in [6, 6.07) is 10.5. The third kappa shape index (κ3) is 12.9. The zero-order valence-electron chi connectivity index (χ0n) is 12.7. The van der Waals surface area contributed by atoms with Crippen molar-refractivity contribution in [2.24, 2.45) is 5.92 Å². The third-order valence-corrected chi connectivity index (χ3v) is 2.04. The number of hydrogen-bond donors (Lipinski definition) is 0. The molecule has 0 amide bonds. The molecule has 0 aliphatic carbocycles. The van der Waals surface area contributed by atoms with Crippen LogP contribution in [0.1, 0.15) is 59.9 Å². The van der Waals surface area contributed by atoms with Gasteiger partial charge in [0.05, 0.1) is 0 Å². The van der Waals surface area contributed by atoms with E-state index >= 15 is 0 Å². The molecular weight excluding hydrogens is 204 g/mol. The molecular formula is C17H30. The minimum Gasteiger partial charge on any atom is -0.0914 e. The molecule has 0 radical (unpaired) electrons. The fourth-order valence-corrected chi connectivity index (χ4v) is 1.22. The maximum absolute atomic E-state index is 2.20. The molecule has 17 heavy (non-hydrogen) atoms. The maximum Gasteiger partial charge on any atom is -0.0219 e. The van der Waals surface area contributed by atoms with Gasteiger partial charge in [-0.05, 0) is 24.3 Å². The van der Waals surface area contributed by atoms with E-state index in [9.17, 15) is 0 Å². The van der Waals surface area contributed by atoms with Gasteiger partial charge in [0.25, 0.3) is 0 Å². The van der Waals surface area contributed by atoms with Crippen molar-refractivity contribution in [2.75, 3.05) is 0 Å². The van der Waals surface area contributed by atoms with E-state index in [4.69, 9.17) is 0 Å². The zero-order chi connectivity index (χ0) is 13.7. The molecule has 0 aliphatic heterocycles. The molecule has 0 spiro atoms. The second kappa shape index (κ2) is 13.0. The molecule has 0 unspecified atom stereocenters. The van der Waals surface area contributed by atoms with Crippen molar-refractivity contribution in [3.8, 4) is 0 Å². The molecule has 0 N–H and O–H groups in total. The van der Waals surface area contributed by atoms with Gasteiger partial charge in [-0.3, -0.25) is 0 Å². The van der Waals surface area contributed by atoms with Gasteiger partial charge in [0.2, 0.25) is 0 Å². The average Bonchev–Trinajstić information content (AvgIpc) is 2.33. The number of rotatable bonds is 2. The topological polar surface area (TPSA) is 0 Å². The molecule has 98 valence electrons. The van der Waals surface area contributed by atoms with Crippen molar-refractivity contribution in [3.05, 3.63) is 48.0 Å². The summed E-state index contributed by atoms with van der Waals surface area (Å²) in [7, 11) is 0. The minimum atomic E-state index is 0.659. The van der Waals surface area contributed by atoms with Gasteiger partial charge < -0.3 is 0 Å². The van der Waals surface area contributed by atoms with E-state index in [1.54, 1.807) is 0 Å². The Labute approximate surface area is 109 Å². The molecule has 0 nitrogen and oxygen atoms in total. The molecule has 1 aromatic rings. The molecule has 0 bridgehead atoms. The molecule has 0 aromatic heterocycles. The smallest absolute Gasteiger partial charge is 0.0219 e. The van der Waals surface area contributed by atoms with Crippen LogP contribution in [0.5, 0.6) is 0 Å². The van der Waals surface area contributed by atoms with Crippen LogP contribution in [0.2, 0.25) is 0 Å². The predicted molar refractivity (Wildman–Crippen MR) is 81.5 cm³/mol. The number of hydrogen-bond acceptors (Lipinski definition) is 0. The first-order valence-corrected chi connectivity index (χ1v) is 6.75. The van der Waals surface area contributed by atoms with E-state index in [2.05, 4.69) is 64.1 Å². The van der Waals surface area contributed by atoms with E-state index < -0.39 is 0 Å². The van der Waals surface area contributed by atoms with E-state index in [-0.39, 0.29) is 0 Å². The van der Waals surface area contributed by atoms with E-state index in [1.807, 2.05) is 26.8 Å². The van der Waals surface area contributed by atoms with Crippen LogP contribution < -0.4 is 0 Å². The van der Waals surface area contributed by atoms with Gasteiger partial charge in [0.1, 0.15) is 0 Å². The van der Waals surface area contributed by atoms with Gasteiger partial charge in [-0.15, -0.1) is 0 Å². The Morgan fingerprint density at radius 2 is 1.35 bits per heavy atom. The Balaban J connectivity index is 0. The number of allylic oxidation sites excluding steroid dienone is 2. The lowest BCUT2D eigenvalue weighted by Crippen LogP contribution is -1.83. The van der Waals surface area contributed by atoms with Gasteiger partial charge in [-0.1, -0.05) is 84.0 Å². The Bertz CT molecular complexity index is 255. The van der Waals surface area contributed by atoms with Gasteiger partial charge in [0.15, 0.2) is 0 Å². The Morgan fingerprint density at radius 3 is 1.53 bits per heavy atom. The average molecular weight is 234 g/mol. The highest BCUT2D eigenvalue weighted by Crippen LogP contribution is 2.11. The quantitative estimate of drug-likeness (QED) is 0.546. The molecule has 0 aliphatic rings. The van der Waals surface area contributed by atoms with Crippen molar-refractivity contribution in [1.82, 2.24) is 0 Å². The first-order valence-electron chi connectivity index (χ1n) is 6.75. The van der Waals surface area contributed by atoms with Crippen molar-refractivity contribution >= 4 is 0 Å². The molecule has 1 aromatic carbocycles. The lowest BCUT2D eigenvalue weighted by molar-refractivity contribution is 0.830. The van der Waals surface area contributed by atoms with Crippen LogP contribution in [0.25, 0.3) is 0 Å². The van der Waals surface area contributed by atoms with Crippen LogP contribution in [0.4, 0.5) is 0 Å². The standard InChI is InChI=1S/C9H12.C6H12.C2H6/c1-8(2)9-6-4-3-5-7-9;1-4-5-6(2)3;1-2/h3-8H,1-2H3;4-6H,1-3H3;1-2H3/b;5-4+;. The molecule has 1 rings (SSSR count). The fourth-order valence-electron chi connectivity index (χ4n) is 1.22. The second-order valence-corrected chi connectivity index (χ2v) is 4.34. The molecule has 0 atom stereocenters. The van der Waals surface area contributed by atoms with E-state index in [0.717, 1.165) is 5.92 Å². The maximum atomic E-state index is 2.20. The lowest BCUT2D eigenvalue weighted by Gasteiger charge is -2.01. The van der Waals surface area contributed by atoms with Crippen LogP contribution in [0.15, 0.2) is 42.5 Å². The summed E-state index contributed by atoms with van der Waals surface area (Å²) in [4.78, 5) is 0. The summed E-state index contributed by atoms with van der Waals surface area (Å²) in [5.74, 6) is 1.38. The predicted octanol–water partition coefficient (Wildman–Crippen LogP) is 6.05. The summed E-state index contributed by atoms with van der Waals surface area (Å²) in [5.41, 5.74) is 1.41. The summed E-state index contributed by atoms with van der Waals surface area (Å²) in [5, 5.41) is 0. The van der Waals surface area contributed by atoms with Crippen LogP contribution in [-0.2, 0) is 0 Å². The third-order valence-electron chi connectivity index (χ3n) is 2.04. The molecule has 0 heteroatoms. The minimum absolute atomic E-state index is 0.659. The first-order chi connectivity index (χ1) is 8.07. The van der Waals surface area contributed by atoms with Crippen molar-refractivity contribution in [3.63, 3.8) is 0 Å². The van der Waals surface area contributed by atoms with E-state index in [0.29, 0.717) is 5.92 Å². The monoisotopic (exact) mass is 234 g/mol. The summed E-state index contributed by atoms with van der Waals surface area (Å²) in [6.07, 6.45) is 4.24. The number of benzene rings is 1. The van der Waals surface area contributed by atoms with Gasteiger partial charge in [-0.2, -0.15) is 0 Å². The highest BCUT2D eigenvalue weighted by atomic mass is 14.0. The van der Waals surface area contributed by atoms with Gasteiger partial charge in [-0.25, -0.2) is 0 Å². The fraction of sp³-hybridized carbons (Fsp3) is 0.529. The van der Waals surface area contributed by atoms with Gasteiger partial charge in [0, 0.05) is 0 Å². The molecule has 0 heterocycles. The normalized spacial score (nSPS) is 9.71. The molecule has 0 fully saturated rings. The van der Waals surface area contributed by atoms with Crippen LogP contribution in [-0.4, -0.2) is 0 Å². The van der Waals surface area contributed by atoms with Gasteiger partial charge >= 0.3 is 0 Å². The lowest BCUT2D eigenvalue weighted by atomic mass is 10.0. The van der Waals surface area contributed by atoms with Crippen molar-refractivity contribution in [2.45, 2.75) is 54.4 Å². The Kier molecular flexibility index (Phi) is 14.0. The molecule has 0 saturated heterocycles. The summed E-state index contributed by atoms with van der Waals surface area (Å²) in [6.45, 7) is 14.8. The van der Waals surface area contributed by atoms with Crippen LogP contribution in [0.3, 0.4) is 0 Å². The largest absolute Gasteiger partial charge is 0.0914 e.